The molecule has 0 radical (unpaired) electrons. The lowest BCUT2D eigenvalue weighted by atomic mass is 10.1. The van der Waals surface area contributed by atoms with E-state index in [9.17, 15) is 0 Å². The predicted molar refractivity (Wildman–Crippen MR) is 127 cm³/mol. The third-order valence-corrected chi connectivity index (χ3v) is 5.71. The Morgan fingerprint density at radius 3 is 2.43 bits per heavy atom. The molecule has 0 amide bonds. The zero-order chi connectivity index (χ0) is 20.2. The Hall–Kier alpha value is -3.53. The monoisotopic (exact) mass is 394 g/mol. The summed E-state index contributed by atoms with van der Waals surface area (Å²) in [5.74, 6) is 0. The average Bonchev–Trinajstić information content (AvgIpc) is 3.46. The SMILES string of the molecule is C(=C\c1cc(/C=C/c2ccc3cc[nH]c3c2)n[nH]1)/c1ccc(N2CCCCC2)cc1. The van der Waals surface area contributed by atoms with Gasteiger partial charge in [-0.2, -0.15) is 5.10 Å². The van der Waals surface area contributed by atoms with Crippen LogP contribution >= 0.6 is 0 Å². The van der Waals surface area contributed by atoms with Crippen LogP contribution in [0, 0.1) is 0 Å². The lowest BCUT2D eigenvalue weighted by molar-refractivity contribution is 0.578. The topological polar surface area (TPSA) is 47.7 Å². The van der Waals surface area contributed by atoms with E-state index in [2.05, 4.69) is 92.9 Å². The van der Waals surface area contributed by atoms with Crippen molar-refractivity contribution >= 4 is 40.9 Å². The molecule has 3 heterocycles. The number of fused-ring (bicyclic) bond motifs is 1. The maximum atomic E-state index is 4.39. The van der Waals surface area contributed by atoms with Gasteiger partial charge >= 0.3 is 0 Å². The zero-order valence-corrected chi connectivity index (χ0v) is 17.0. The van der Waals surface area contributed by atoms with Gasteiger partial charge in [0.15, 0.2) is 0 Å². The van der Waals surface area contributed by atoms with Crippen molar-refractivity contribution in [3.63, 3.8) is 0 Å². The molecular formula is C26H26N4. The van der Waals surface area contributed by atoms with E-state index in [1.165, 1.54) is 49.0 Å². The van der Waals surface area contributed by atoms with Gasteiger partial charge in [-0.15, -0.1) is 0 Å². The van der Waals surface area contributed by atoms with Crippen LogP contribution < -0.4 is 4.90 Å². The molecule has 4 nitrogen and oxygen atoms in total. The van der Waals surface area contributed by atoms with Crippen LogP contribution in [0.25, 0.3) is 35.2 Å². The molecule has 4 aromatic rings. The maximum absolute atomic E-state index is 4.39. The second kappa shape index (κ2) is 8.46. The van der Waals surface area contributed by atoms with E-state index in [1.54, 1.807) is 0 Å². The van der Waals surface area contributed by atoms with E-state index in [-0.39, 0.29) is 0 Å². The molecule has 1 aliphatic rings. The van der Waals surface area contributed by atoms with Crippen LogP contribution in [0.2, 0.25) is 0 Å². The van der Waals surface area contributed by atoms with E-state index in [0.29, 0.717) is 0 Å². The Kier molecular flexibility index (Phi) is 5.21. The van der Waals surface area contributed by atoms with Gasteiger partial charge in [0.1, 0.15) is 0 Å². The summed E-state index contributed by atoms with van der Waals surface area (Å²) in [4.78, 5) is 5.73. The smallest absolute Gasteiger partial charge is 0.0854 e. The number of anilines is 1. The number of H-pyrrole nitrogens is 2. The van der Waals surface area contributed by atoms with Crippen molar-refractivity contribution in [3.05, 3.63) is 83.3 Å². The number of rotatable bonds is 5. The van der Waals surface area contributed by atoms with Crippen molar-refractivity contribution in [3.8, 4) is 0 Å². The molecule has 0 atom stereocenters. The molecule has 30 heavy (non-hydrogen) atoms. The fraction of sp³-hybridized carbons (Fsp3) is 0.192. The van der Waals surface area contributed by atoms with E-state index in [0.717, 1.165) is 22.5 Å². The largest absolute Gasteiger partial charge is 0.372 e. The summed E-state index contributed by atoms with van der Waals surface area (Å²) in [5.41, 5.74) is 6.74. The summed E-state index contributed by atoms with van der Waals surface area (Å²) in [6.45, 7) is 2.36. The molecule has 0 saturated carbocycles. The van der Waals surface area contributed by atoms with E-state index < -0.39 is 0 Å². The highest BCUT2D eigenvalue weighted by atomic mass is 15.1. The summed E-state index contributed by atoms with van der Waals surface area (Å²) in [5, 5.41) is 8.72. The summed E-state index contributed by atoms with van der Waals surface area (Å²) in [7, 11) is 0. The average molecular weight is 395 g/mol. The number of hydrogen-bond acceptors (Lipinski definition) is 2. The molecule has 2 aromatic carbocycles. The van der Waals surface area contributed by atoms with Gasteiger partial charge in [0.2, 0.25) is 0 Å². The quantitative estimate of drug-likeness (QED) is 0.422. The van der Waals surface area contributed by atoms with Crippen molar-refractivity contribution in [2.45, 2.75) is 19.3 Å². The van der Waals surface area contributed by atoms with Crippen molar-refractivity contribution < 1.29 is 0 Å². The molecule has 1 aliphatic heterocycles. The second-order valence-corrected chi connectivity index (χ2v) is 7.88. The summed E-state index contributed by atoms with van der Waals surface area (Å²) in [6, 6.07) is 19.4. The molecular weight excluding hydrogens is 368 g/mol. The fourth-order valence-electron chi connectivity index (χ4n) is 4.01. The van der Waals surface area contributed by atoms with Crippen molar-refractivity contribution in [1.82, 2.24) is 15.2 Å². The molecule has 0 aliphatic carbocycles. The summed E-state index contributed by atoms with van der Waals surface area (Å²) in [6.07, 6.45) is 14.3. The first-order valence-electron chi connectivity index (χ1n) is 10.7. The highest BCUT2D eigenvalue weighted by Crippen LogP contribution is 2.21. The Morgan fingerprint density at radius 1 is 0.767 bits per heavy atom. The zero-order valence-electron chi connectivity index (χ0n) is 17.0. The summed E-state index contributed by atoms with van der Waals surface area (Å²) < 4.78 is 0. The molecule has 1 saturated heterocycles. The van der Waals surface area contributed by atoms with Crippen LogP contribution in [0.4, 0.5) is 5.69 Å². The van der Waals surface area contributed by atoms with Crippen LogP contribution in [0.1, 0.15) is 41.8 Å². The number of hydrogen-bond donors (Lipinski definition) is 2. The summed E-state index contributed by atoms with van der Waals surface area (Å²) >= 11 is 0. The number of aromatic nitrogens is 3. The first-order chi connectivity index (χ1) is 14.8. The highest BCUT2D eigenvalue weighted by Gasteiger charge is 2.10. The predicted octanol–water partition coefficient (Wildman–Crippen LogP) is 6.22. The number of nitrogens with zero attached hydrogens (tertiary/aromatic N) is 2. The molecule has 1 fully saturated rings. The van der Waals surface area contributed by atoms with Crippen molar-refractivity contribution in [2.75, 3.05) is 18.0 Å². The van der Waals surface area contributed by atoms with E-state index in [1.807, 2.05) is 12.3 Å². The third-order valence-electron chi connectivity index (χ3n) is 5.71. The van der Waals surface area contributed by atoms with Crippen LogP contribution in [-0.2, 0) is 0 Å². The number of aromatic amines is 2. The minimum atomic E-state index is 0.918. The minimum Gasteiger partial charge on any atom is -0.372 e. The van der Waals surface area contributed by atoms with Gasteiger partial charge in [-0.25, -0.2) is 0 Å². The highest BCUT2D eigenvalue weighted by molar-refractivity contribution is 5.83. The third kappa shape index (κ3) is 4.23. The van der Waals surface area contributed by atoms with Gasteiger partial charge in [0.05, 0.1) is 11.4 Å². The van der Waals surface area contributed by atoms with Gasteiger partial charge in [-0.1, -0.05) is 36.4 Å². The standard InChI is InChI=1S/C26H26N4/c1-2-16-30(17-3-1)25-12-7-20(8-13-25)5-10-23-19-24(29-28-23)11-6-21-4-9-22-14-15-27-26(22)18-21/h4-15,18-19,27H,1-3,16-17H2,(H,28,29)/b10-5+,11-6+. The molecule has 0 spiro atoms. The Morgan fingerprint density at radius 2 is 1.57 bits per heavy atom. The number of benzene rings is 2. The van der Waals surface area contributed by atoms with Gasteiger partial charge in [0, 0.05) is 30.5 Å². The lowest BCUT2D eigenvalue weighted by Crippen LogP contribution is -2.29. The molecule has 5 rings (SSSR count). The fourth-order valence-corrected chi connectivity index (χ4v) is 4.01. The number of nitrogens with one attached hydrogen (secondary N) is 2. The van der Waals surface area contributed by atoms with Crippen LogP contribution in [0.15, 0.2) is 60.8 Å². The first-order valence-corrected chi connectivity index (χ1v) is 10.7. The molecule has 2 aromatic heterocycles. The molecule has 2 N–H and O–H groups in total. The van der Waals surface area contributed by atoms with Crippen molar-refractivity contribution in [1.29, 1.82) is 0 Å². The second-order valence-electron chi connectivity index (χ2n) is 7.88. The van der Waals surface area contributed by atoms with E-state index >= 15 is 0 Å². The van der Waals surface area contributed by atoms with Crippen molar-refractivity contribution in [2.24, 2.45) is 0 Å². The maximum Gasteiger partial charge on any atom is 0.0854 e. The van der Waals surface area contributed by atoms with Crippen LogP contribution in [0.5, 0.6) is 0 Å². The lowest BCUT2D eigenvalue weighted by Gasteiger charge is -2.28. The van der Waals surface area contributed by atoms with Gasteiger partial charge in [0.25, 0.3) is 0 Å². The molecule has 0 unspecified atom stereocenters. The molecule has 0 bridgehead atoms. The number of piperidine rings is 1. The normalized spacial score (nSPS) is 15.0. The van der Waals surface area contributed by atoms with E-state index in [4.69, 9.17) is 0 Å². The van der Waals surface area contributed by atoms with Gasteiger partial charge in [-0.05, 0) is 78.3 Å². The van der Waals surface area contributed by atoms with Crippen LogP contribution in [0.3, 0.4) is 0 Å². The van der Waals surface area contributed by atoms with Gasteiger partial charge < -0.3 is 9.88 Å². The minimum absolute atomic E-state index is 0.918. The molecule has 4 heteroatoms. The first kappa shape index (κ1) is 18.5. The Balaban J connectivity index is 1.23. The molecule has 150 valence electrons. The Labute approximate surface area is 176 Å². The van der Waals surface area contributed by atoms with Crippen LogP contribution in [-0.4, -0.2) is 28.3 Å². The van der Waals surface area contributed by atoms with Gasteiger partial charge in [-0.3, -0.25) is 5.10 Å². The Bertz CT molecular complexity index is 1170.